The summed E-state index contributed by atoms with van der Waals surface area (Å²) in [5.41, 5.74) is 4.68. The van der Waals surface area contributed by atoms with Crippen LogP contribution in [0.2, 0.25) is 0 Å². The van der Waals surface area contributed by atoms with Gasteiger partial charge in [-0.2, -0.15) is 0 Å². The molecular formula is C28H30BrNO2. The van der Waals surface area contributed by atoms with Crippen LogP contribution in [0.25, 0.3) is 0 Å². The lowest BCUT2D eigenvalue weighted by Gasteiger charge is -2.51. The lowest BCUT2D eigenvalue weighted by molar-refractivity contribution is 0.0948. The van der Waals surface area contributed by atoms with Crippen molar-refractivity contribution < 1.29 is 9.53 Å². The van der Waals surface area contributed by atoms with Gasteiger partial charge in [0.15, 0.2) is 0 Å². The van der Waals surface area contributed by atoms with Crippen molar-refractivity contribution >= 4 is 27.5 Å². The van der Waals surface area contributed by atoms with Gasteiger partial charge in [-0.15, -0.1) is 0 Å². The summed E-state index contributed by atoms with van der Waals surface area (Å²) in [7, 11) is 0. The van der Waals surface area contributed by atoms with Gasteiger partial charge in [-0.1, -0.05) is 52.7 Å². The monoisotopic (exact) mass is 491 g/mol. The fourth-order valence-electron chi connectivity index (χ4n) is 5.10. The first-order chi connectivity index (χ1) is 15.2. The minimum atomic E-state index is -0.375. The minimum absolute atomic E-state index is 0.0290. The summed E-state index contributed by atoms with van der Waals surface area (Å²) in [6, 6.07) is 22.5. The second kappa shape index (κ2) is 8.40. The molecule has 0 fully saturated rings. The summed E-state index contributed by atoms with van der Waals surface area (Å²) in [5, 5.41) is 0. The predicted octanol–water partition coefficient (Wildman–Crippen LogP) is 7.29. The highest BCUT2D eigenvalue weighted by Gasteiger charge is 2.48. The van der Waals surface area contributed by atoms with Crippen molar-refractivity contribution in [2.45, 2.75) is 52.0 Å². The van der Waals surface area contributed by atoms with E-state index in [2.05, 4.69) is 74.0 Å². The number of rotatable bonds is 4. The van der Waals surface area contributed by atoms with Crippen molar-refractivity contribution in [1.82, 2.24) is 0 Å². The molecule has 166 valence electrons. The predicted molar refractivity (Wildman–Crippen MR) is 135 cm³/mol. The van der Waals surface area contributed by atoms with Crippen LogP contribution in [0.4, 0.5) is 5.69 Å². The van der Waals surface area contributed by atoms with Crippen molar-refractivity contribution in [1.29, 1.82) is 0 Å². The molecule has 0 aliphatic carbocycles. The van der Waals surface area contributed by atoms with E-state index in [9.17, 15) is 4.79 Å². The molecule has 4 heteroatoms. The van der Waals surface area contributed by atoms with Crippen LogP contribution in [-0.4, -0.2) is 18.1 Å². The van der Waals surface area contributed by atoms with Crippen molar-refractivity contribution in [2.75, 3.05) is 11.5 Å². The molecule has 3 nitrogen and oxygen atoms in total. The Morgan fingerprint density at radius 1 is 1.00 bits per heavy atom. The van der Waals surface area contributed by atoms with Crippen molar-refractivity contribution in [3.05, 3.63) is 93.5 Å². The summed E-state index contributed by atoms with van der Waals surface area (Å²) in [4.78, 5) is 15.7. The van der Waals surface area contributed by atoms with Gasteiger partial charge in [0.2, 0.25) is 0 Å². The molecular weight excluding hydrogens is 462 g/mol. The molecule has 1 heterocycles. The third-order valence-electron chi connectivity index (χ3n) is 6.48. The summed E-state index contributed by atoms with van der Waals surface area (Å²) >= 11 is 3.47. The fourth-order valence-corrected chi connectivity index (χ4v) is 5.37. The topological polar surface area (TPSA) is 29.5 Å². The standard InChI is InChI=1S/C28H30BrNO2/c1-6-32-23-14-10-21(11-15-23)28(5)18-27(3,4)30(25-16-7-19(2)17-24(25)28)26(31)20-8-12-22(29)13-9-20/h7-17H,6,18H2,1-5H3. The maximum atomic E-state index is 13.7. The lowest BCUT2D eigenvalue weighted by Crippen LogP contribution is -2.55. The Hall–Kier alpha value is -2.59. The molecule has 0 N–H and O–H groups in total. The van der Waals surface area contributed by atoms with E-state index in [0.29, 0.717) is 12.2 Å². The zero-order valence-electron chi connectivity index (χ0n) is 19.4. The summed E-state index contributed by atoms with van der Waals surface area (Å²) in [6.07, 6.45) is 0.812. The van der Waals surface area contributed by atoms with Gasteiger partial charge >= 0.3 is 0 Å². The number of hydrogen-bond donors (Lipinski definition) is 0. The van der Waals surface area contributed by atoms with E-state index in [1.54, 1.807) is 0 Å². The largest absolute Gasteiger partial charge is 0.494 e. The van der Waals surface area contributed by atoms with Gasteiger partial charge in [-0.3, -0.25) is 4.79 Å². The van der Waals surface area contributed by atoms with Gasteiger partial charge < -0.3 is 9.64 Å². The van der Waals surface area contributed by atoms with Crippen LogP contribution in [-0.2, 0) is 5.41 Å². The summed E-state index contributed by atoms with van der Waals surface area (Å²) in [5.74, 6) is 0.910. The first kappa shape index (κ1) is 22.6. The Bertz CT molecular complexity index is 1140. The van der Waals surface area contributed by atoms with Crippen molar-refractivity contribution in [3.8, 4) is 5.75 Å². The van der Waals surface area contributed by atoms with Gasteiger partial charge in [-0.25, -0.2) is 0 Å². The minimum Gasteiger partial charge on any atom is -0.494 e. The average molecular weight is 492 g/mol. The quantitative estimate of drug-likeness (QED) is 0.383. The van der Waals surface area contributed by atoms with E-state index in [4.69, 9.17) is 4.74 Å². The number of carbonyl (C=O) groups is 1. The van der Waals surface area contributed by atoms with E-state index >= 15 is 0 Å². The van der Waals surface area contributed by atoms with E-state index in [-0.39, 0.29) is 16.9 Å². The normalized spacial score (nSPS) is 19.4. The molecule has 0 spiro atoms. The molecule has 0 bridgehead atoms. The molecule has 0 saturated heterocycles. The van der Waals surface area contributed by atoms with Crippen molar-refractivity contribution in [2.24, 2.45) is 0 Å². The molecule has 4 rings (SSSR count). The van der Waals surface area contributed by atoms with E-state index in [1.807, 2.05) is 48.2 Å². The maximum Gasteiger partial charge on any atom is 0.258 e. The molecule has 3 aromatic rings. The average Bonchev–Trinajstić information content (AvgIpc) is 2.75. The van der Waals surface area contributed by atoms with Crippen LogP contribution in [0, 0.1) is 6.92 Å². The number of benzene rings is 3. The number of anilines is 1. The molecule has 1 atom stereocenters. The Labute approximate surface area is 199 Å². The zero-order valence-corrected chi connectivity index (χ0v) is 21.0. The Balaban J connectivity index is 1.85. The first-order valence-electron chi connectivity index (χ1n) is 11.1. The molecule has 0 saturated carbocycles. The highest BCUT2D eigenvalue weighted by Crippen LogP contribution is 2.51. The molecule has 1 aliphatic heterocycles. The van der Waals surface area contributed by atoms with E-state index in [1.165, 1.54) is 16.7 Å². The molecule has 0 radical (unpaired) electrons. The SMILES string of the molecule is CCOc1ccc(C2(C)CC(C)(C)N(C(=O)c3ccc(Br)cc3)c3ccc(C)cc32)cc1. The molecule has 32 heavy (non-hydrogen) atoms. The highest BCUT2D eigenvalue weighted by molar-refractivity contribution is 9.10. The van der Waals surface area contributed by atoms with Crippen LogP contribution in [0.1, 0.15) is 61.2 Å². The summed E-state index contributed by atoms with van der Waals surface area (Å²) in [6.45, 7) is 11.4. The van der Waals surface area contributed by atoms with E-state index < -0.39 is 0 Å². The number of aryl methyl sites for hydroxylation is 1. The van der Waals surface area contributed by atoms with Crippen LogP contribution in [0.3, 0.4) is 0 Å². The number of halogens is 1. The number of ether oxygens (including phenoxy) is 1. The Morgan fingerprint density at radius 3 is 2.28 bits per heavy atom. The smallest absolute Gasteiger partial charge is 0.258 e. The first-order valence-corrected chi connectivity index (χ1v) is 11.9. The molecule has 0 aromatic heterocycles. The third-order valence-corrected chi connectivity index (χ3v) is 7.00. The van der Waals surface area contributed by atoms with Crippen molar-refractivity contribution in [3.63, 3.8) is 0 Å². The molecule has 1 aliphatic rings. The number of fused-ring (bicyclic) bond motifs is 1. The van der Waals surface area contributed by atoms with Gasteiger partial charge in [0.05, 0.1) is 6.61 Å². The number of hydrogen-bond acceptors (Lipinski definition) is 2. The third kappa shape index (κ3) is 3.97. The zero-order chi connectivity index (χ0) is 23.1. The Kier molecular flexibility index (Phi) is 5.93. The van der Waals surface area contributed by atoms with Gasteiger partial charge in [0.1, 0.15) is 5.75 Å². The number of nitrogens with zero attached hydrogens (tertiary/aromatic N) is 1. The number of carbonyl (C=O) groups excluding carboxylic acids is 1. The Morgan fingerprint density at radius 2 is 1.66 bits per heavy atom. The van der Waals surface area contributed by atoms with Crippen LogP contribution in [0.5, 0.6) is 5.75 Å². The molecule has 1 unspecified atom stereocenters. The lowest BCUT2D eigenvalue weighted by atomic mass is 9.65. The second-order valence-electron chi connectivity index (χ2n) is 9.45. The van der Waals surface area contributed by atoms with Crippen LogP contribution < -0.4 is 9.64 Å². The second-order valence-corrected chi connectivity index (χ2v) is 10.4. The molecule has 1 amide bonds. The summed E-state index contributed by atoms with van der Waals surface area (Å²) < 4.78 is 6.62. The van der Waals surface area contributed by atoms with Crippen LogP contribution in [0.15, 0.2) is 71.2 Å². The highest BCUT2D eigenvalue weighted by atomic mass is 79.9. The van der Waals surface area contributed by atoms with Crippen LogP contribution >= 0.6 is 15.9 Å². The van der Waals surface area contributed by atoms with E-state index in [0.717, 1.165) is 22.3 Å². The fraction of sp³-hybridized carbons (Fsp3) is 0.321. The molecule has 3 aromatic carbocycles. The number of amides is 1. The van der Waals surface area contributed by atoms with Gasteiger partial charge in [-0.05, 0) is 87.7 Å². The van der Waals surface area contributed by atoms with Gasteiger partial charge in [0, 0.05) is 26.7 Å². The maximum absolute atomic E-state index is 13.7. The van der Waals surface area contributed by atoms with Gasteiger partial charge in [0.25, 0.3) is 5.91 Å².